The molecule has 1 unspecified atom stereocenters. The lowest BCUT2D eigenvalue weighted by molar-refractivity contribution is 0.468. The van der Waals surface area contributed by atoms with Gasteiger partial charge in [-0.1, -0.05) is 36.4 Å². The summed E-state index contributed by atoms with van der Waals surface area (Å²) in [5.41, 5.74) is 2.27. The third kappa shape index (κ3) is 1.21. The van der Waals surface area contributed by atoms with E-state index in [-0.39, 0.29) is 0 Å². The molecule has 0 bridgehead atoms. The zero-order valence-electron chi connectivity index (χ0n) is 6.68. The van der Waals surface area contributed by atoms with Crippen LogP contribution in [-0.4, -0.2) is 0 Å². The van der Waals surface area contributed by atoms with Gasteiger partial charge in [0.2, 0.25) is 0 Å². The van der Waals surface area contributed by atoms with Gasteiger partial charge >= 0.3 is 0 Å². The van der Waals surface area contributed by atoms with Crippen LogP contribution in [0.2, 0.25) is 5.02 Å². The number of rotatable bonds is 1. The highest BCUT2D eigenvalue weighted by molar-refractivity contribution is 6.31. The Balaban J connectivity index is 2.23. The SMILES string of the molecule is C=C1CC(c2ccccc2Cl)N1. The molecule has 1 N–H and O–H groups in total. The van der Waals surface area contributed by atoms with Gasteiger partial charge in [-0.3, -0.25) is 0 Å². The second-order valence-corrected chi connectivity index (χ2v) is 3.43. The average Bonchev–Trinajstić information content (AvgIpc) is 2.01. The molecule has 1 aromatic rings. The molecule has 1 nitrogen and oxygen atoms in total. The van der Waals surface area contributed by atoms with Crippen LogP contribution in [0.1, 0.15) is 18.0 Å². The monoisotopic (exact) mass is 179 g/mol. The normalized spacial score (nSPS) is 21.4. The van der Waals surface area contributed by atoms with E-state index < -0.39 is 0 Å². The van der Waals surface area contributed by atoms with E-state index >= 15 is 0 Å². The molecule has 0 aromatic heterocycles. The summed E-state index contributed by atoms with van der Waals surface area (Å²) in [6.45, 7) is 3.81. The minimum Gasteiger partial charge on any atom is -0.381 e. The van der Waals surface area contributed by atoms with E-state index in [4.69, 9.17) is 11.6 Å². The maximum absolute atomic E-state index is 6.01. The fourth-order valence-electron chi connectivity index (χ4n) is 1.42. The van der Waals surface area contributed by atoms with Crippen molar-refractivity contribution in [1.82, 2.24) is 5.32 Å². The van der Waals surface area contributed by atoms with E-state index in [0.29, 0.717) is 6.04 Å². The lowest BCUT2D eigenvalue weighted by atomic mass is 9.95. The largest absolute Gasteiger partial charge is 0.381 e. The molecule has 1 saturated heterocycles. The molecule has 1 atom stereocenters. The molecule has 12 heavy (non-hydrogen) atoms. The van der Waals surface area contributed by atoms with Gasteiger partial charge in [0.05, 0.1) is 6.04 Å². The molecule has 0 spiro atoms. The maximum atomic E-state index is 6.01. The smallest absolute Gasteiger partial charge is 0.0579 e. The molecule has 2 heteroatoms. The number of halogens is 1. The predicted molar refractivity (Wildman–Crippen MR) is 51.1 cm³/mol. The van der Waals surface area contributed by atoms with Crippen LogP contribution in [-0.2, 0) is 0 Å². The van der Waals surface area contributed by atoms with Crippen molar-refractivity contribution in [2.75, 3.05) is 0 Å². The van der Waals surface area contributed by atoms with E-state index in [9.17, 15) is 0 Å². The predicted octanol–water partition coefficient (Wildman–Crippen LogP) is 2.89. The summed E-state index contributed by atoms with van der Waals surface area (Å²) in [5, 5.41) is 4.06. The van der Waals surface area contributed by atoms with Gasteiger partial charge < -0.3 is 5.32 Å². The van der Waals surface area contributed by atoms with E-state index in [1.165, 1.54) is 5.56 Å². The molecule has 1 fully saturated rings. The van der Waals surface area contributed by atoms with Crippen molar-refractivity contribution in [3.8, 4) is 0 Å². The topological polar surface area (TPSA) is 12.0 Å². The molecule has 0 saturated carbocycles. The second kappa shape index (κ2) is 2.83. The van der Waals surface area contributed by atoms with Crippen LogP contribution in [0.15, 0.2) is 36.5 Å². The van der Waals surface area contributed by atoms with E-state index in [0.717, 1.165) is 17.1 Å². The van der Waals surface area contributed by atoms with Crippen molar-refractivity contribution in [1.29, 1.82) is 0 Å². The fourth-order valence-corrected chi connectivity index (χ4v) is 1.68. The highest BCUT2D eigenvalue weighted by atomic mass is 35.5. The number of benzene rings is 1. The van der Waals surface area contributed by atoms with Crippen molar-refractivity contribution in [3.63, 3.8) is 0 Å². The maximum Gasteiger partial charge on any atom is 0.0579 e. The number of hydrogen-bond acceptors (Lipinski definition) is 1. The quantitative estimate of drug-likeness (QED) is 0.699. The third-order valence-corrected chi connectivity index (χ3v) is 2.45. The first-order valence-corrected chi connectivity index (χ1v) is 4.34. The van der Waals surface area contributed by atoms with Crippen LogP contribution in [0.3, 0.4) is 0 Å². The van der Waals surface area contributed by atoms with Crippen molar-refractivity contribution in [3.05, 3.63) is 47.1 Å². The summed E-state index contributed by atoms with van der Waals surface area (Å²) in [4.78, 5) is 0. The van der Waals surface area contributed by atoms with Gasteiger partial charge in [0, 0.05) is 17.1 Å². The highest BCUT2D eigenvalue weighted by Gasteiger charge is 2.23. The molecule has 62 valence electrons. The summed E-state index contributed by atoms with van der Waals surface area (Å²) in [5.74, 6) is 0. The van der Waals surface area contributed by atoms with Crippen molar-refractivity contribution < 1.29 is 0 Å². The van der Waals surface area contributed by atoms with Gasteiger partial charge in [-0.15, -0.1) is 0 Å². The standard InChI is InChI=1S/C10H10ClN/c1-7-6-10(12-7)8-4-2-3-5-9(8)11/h2-5,10,12H,1,6H2. The Hall–Kier alpha value is -0.950. The van der Waals surface area contributed by atoms with Gasteiger partial charge in [-0.05, 0) is 11.6 Å². The van der Waals surface area contributed by atoms with Gasteiger partial charge in [0.25, 0.3) is 0 Å². The molecular weight excluding hydrogens is 170 g/mol. The van der Waals surface area contributed by atoms with Crippen LogP contribution in [0, 0.1) is 0 Å². The summed E-state index contributed by atoms with van der Waals surface area (Å²) in [6, 6.07) is 8.29. The Kier molecular flexibility index (Phi) is 1.81. The van der Waals surface area contributed by atoms with Crippen LogP contribution in [0.5, 0.6) is 0 Å². The molecule has 2 rings (SSSR count). The molecule has 0 radical (unpaired) electrons. The molecular formula is C10H10ClN. The number of hydrogen-bond donors (Lipinski definition) is 1. The summed E-state index contributed by atoms with van der Waals surface area (Å²) >= 11 is 6.01. The van der Waals surface area contributed by atoms with E-state index in [1.807, 2.05) is 24.3 Å². The molecule has 0 aliphatic carbocycles. The van der Waals surface area contributed by atoms with E-state index in [2.05, 4.69) is 11.9 Å². The minimum atomic E-state index is 0.381. The third-order valence-electron chi connectivity index (χ3n) is 2.11. The van der Waals surface area contributed by atoms with Crippen molar-refractivity contribution in [2.45, 2.75) is 12.5 Å². The summed E-state index contributed by atoms with van der Waals surface area (Å²) in [6.07, 6.45) is 1.00. The fraction of sp³-hybridized carbons (Fsp3) is 0.200. The molecule has 1 aliphatic heterocycles. The van der Waals surface area contributed by atoms with Crippen LogP contribution < -0.4 is 5.32 Å². The van der Waals surface area contributed by atoms with Crippen LogP contribution in [0.25, 0.3) is 0 Å². The zero-order chi connectivity index (χ0) is 8.55. The lowest BCUT2D eigenvalue weighted by Crippen LogP contribution is -2.32. The van der Waals surface area contributed by atoms with Crippen LogP contribution >= 0.6 is 11.6 Å². The summed E-state index contributed by atoms with van der Waals surface area (Å²) < 4.78 is 0. The molecule has 1 aromatic carbocycles. The Labute approximate surface area is 77.0 Å². The Morgan fingerprint density at radius 1 is 1.42 bits per heavy atom. The highest BCUT2D eigenvalue weighted by Crippen LogP contribution is 2.33. The van der Waals surface area contributed by atoms with Crippen molar-refractivity contribution in [2.24, 2.45) is 0 Å². The first kappa shape index (κ1) is 7.69. The van der Waals surface area contributed by atoms with Gasteiger partial charge in [-0.2, -0.15) is 0 Å². The Morgan fingerprint density at radius 3 is 2.67 bits per heavy atom. The van der Waals surface area contributed by atoms with Gasteiger partial charge in [-0.25, -0.2) is 0 Å². The number of nitrogens with one attached hydrogen (secondary N) is 1. The minimum absolute atomic E-state index is 0.381. The van der Waals surface area contributed by atoms with Crippen LogP contribution in [0.4, 0.5) is 0 Å². The zero-order valence-corrected chi connectivity index (χ0v) is 7.43. The van der Waals surface area contributed by atoms with Crippen molar-refractivity contribution >= 4 is 11.6 Å². The molecule has 1 aliphatic rings. The average molecular weight is 180 g/mol. The van der Waals surface area contributed by atoms with E-state index in [1.54, 1.807) is 0 Å². The summed E-state index contributed by atoms with van der Waals surface area (Å²) in [7, 11) is 0. The Morgan fingerprint density at radius 2 is 2.08 bits per heavy atom. The first-order valence-electron chi connectivity index (χ1n) is 3.96. The van der Waals surface area contributed by atoms with Gasteiger partial charge in [0.1, 0.15) is 0 Å². The second-order valence-electron chi connectivity index (χ2n) is 3.03. The van der Waals surface area contributed by atoms with Gasteiger partial charge in [0.15, 0.2) is 0 Å². The lowest BCUT2D eigenvalue weighted by Gasteiger charge is -2.32. The first-order chi connectivity index (χ1) is 5.77. The molecule has 1 heterocycles. The molecule has 0 amide bonds. The Bertz CT molecular complexity index is 311.